The molecule has 0 spiro atoms. The van der Waals surface area contributed by atoms with Crippen LogP contribution in [0, 0.1) is 0 Å². The molecule has 3 aromatic rings. The van der Waals surface area contributed by atoms with Gasteiger partial charge in [-0.25, -0.2) is 0 Å². The first-order valence-electron chi connectivity index (χ1n) is 9.68. The summed E-state index contributed by atoms with van der Waals surface area (Å²) in [5, 5.41) is 5.76. The predicted molar refractivity (Wildman–Crippen MR) is 114 cm³/mol. The van der Waals surface area contributed by atoms with Crippen LogP contribution in [0.2, 0.25) is 0 Å². The van der Waals surface area contributed by atoms with Crippen molar-refractivity contribution >= 4 is 17.5 Å². The van der Waals surface area contributed by atoms with E-state index in [4.69, 9.17) is 0 Å². The second-order valence-electron chi connectivity index (χ2n) is 7.00. The van der Waals surface area contributed by atoms with E-state index in [0.717, 1.165) is 11.1 Å². The predicted octanol–water partition coefficient (Wildman–Crippen LogP) is 3.43. The maximum absolute atomic E-state index is 13.1. The van der Waals surface area contributed by atoms with E-state index in [1.807, 2.05) is 60.7 Å². The van der Waals surface area contributed by atoms with Crippen LogP contribution in [0.25, 0.3) is 0 Å². The fraction of sp³-hybridized carbons (Fsp3) is 0.0800. The van der Waals surface area contributed by atoms with Gasteiger partial charge in [0.25, 0.3) is 0 Å². The molecule has 0 saturated heterocycles. The van der Waals surface area contributed by atoms with Crippen molar-refractivity contribution in [2.24, 2.45) is 0 Å². The molecular formula is C25H20N2O3. The van der Waals surface area contributed by atoms with Crippen molar-refractivity contribution in [3.63, 3.8) is 0 Å². The van der Waals surface area contributed by atoms with Crippen molar-refractivity contribution in [3.8, 4) is 0 Å². The molecule has 1 amide bonds. The Morgan fingerprint density at radius 3 is 1.73 bits per heavy atom. The largest absolute Gasteiger partial charge is 0.376 e. The molecule has 0 aromatic heterocycles. The van der Waals surface area contributed by atoms with Crippen molar-refractivity contribution in [2.45, 2.75) is 13.0 Å². The SMILES string of the molecule is O=C(Cc1ccccc1)NC1=C(NCc2ccccc2)C(=O)c2ccccc2C1=O. The Kier molecular flexibility index (Phi) is 5.52. The molecule has 148 valence electrons. The molecule has 0 saturated carbocycles. The zero-order valence-electron chi connectivity index (χ0n) is 16.2. The van der Waals surface area contributed by atoms with Gasteiger partial charge in [-0.15, -0.1) is 0 Å². The molecule has 0 aliphatic heterocycles. The summed E-state index contributed by atoms with van der Waals surface area (Å²) in [6, 6.07) is 25.4. The van der Waals surface area contributed by atoms with E-state index in [9.17, 15) is 14.4 Å². The van der Waals surface area contributed by atoms with Crippen LogP contribution < -0.4 is 10.6 Å². The summed E-state index contributed by atoms with van der Waals surface area (Å²) in [5.74, 6) is -1.03. The highest BCUT2D eigenvalue weighted by molar-refractivity contribution is 6.27. The third kappa shape index (κ3) is 4.05. The van der Waals surface area contributed by atoms with Crippen molar-refractivity contribution < 1.29 is 14.4 Å². The molecule has 4 rings (SSSR count). The first-order valence-corrected chi connectivity index (χ1v) is 9.68. The lowest BCUT2D eigenvalue weighted by Gasteiger charge is -2.22. The van der Waals surface area contributed by atoms with E-state index in [0.29, 0.717) is 17.7 Å². The third-order valence-corrected chi connectivity index (χ3v) is 4.90. The van der Waals surface area contributed by atoms with E-state index >= 15 is 0 Å². The van der Waals surface area contributed by atoms with E-state index in [1.165, 1.54) is 0 Å². The number of carbonyl (C=O) groups is 3. The molecule has 1 aliphatic carbocycles. The van der Waals surface area contributed by atoms with Crippen molar-refractivity contribution in [1.29, 1.82) is 0 Å². The second-order valence-corrected chi connectivity index (χ2v) is 7.00. The van der Waals surface area contributed by atoms with Crippen LogP contribution >= 0.6 is 0 Å². The number of benzene rings is 3. The highest BCUT2D eigenvalue weighted by Gasteiger charge is 2.33. The number of rotatable bonds is 6. The molecule has 0 heterocycles. The lowest BCUT2D eigenvalue weighted by Crippen LogP contribution is -2.38. The molecule has 0 unspecified atom stereocenters. The Hall–Kier alpha value is -3.99. The van der Waals surface area contributed by atoms with Crippen molar-refractivity contribution in [3.05, 3.63) is 119 Å². The molecule has 0 fully saturated rings. The maximum atomic E-state index is 13.1. The molecule has 2 N–H and O–H groups in total. The van der Waals surface area contributed by atoms with Crippen LogP contribution in [0.1, 0.15) is 31.8 Å². The van der Waals surface area contributed by atoms with Gasteiger partial charge in [-0.2, -0.15) is 0 Å². The number of carbonyl (C=O) groups excluding carboxylic acids is 3. The van der Waals surface area contributed by atoms with Crippen LogP contribution in [0.5, 0.6) is 0 Å². The Morgan fingerprint density at radius 1 is 0.633 bits per heavy atom. The molecule has 5 nitrogen and oxygen atoms in total. The van der Waals surface area contributed by atoms with Crippen LogP contribution in [0.15, 0.2) is 96.3 Å². The number of nitrogens with one attached hydrogen (secondary N) is 2. The quantitative estimate of drug-likeness (QED) is 0.669. The van der Waals surface area contributed by atoms with Gasteiger partial charge < -0.3 is 10.6 Å². The van der Waals surface area contributed by atoms with Crippen molar-refractivity contribution in [2.75, 3.05) is 0 Å². The number of hydrogen-bond donors (Lipinski definition) is 2. The summed E-state index contributed by atoms with van der Waals surface area (Å²) in [4.78, 5) is 38.8. The molecule has 0 radical (unpaired) electrons. The molecule has 3 aromatic carbocycles. The summed E-state index contributed by atoms with van der Waals surface area (Å²) in [6.45, 7) is 0.357. The first kappa shape index (κ1) is 19.3. The van der Waals surface area contributed by atoms with Gasteiger partial charge in [0, 0.05) is 17.7 Å². The average molecular weight is 396 g/mol. The molecule has 0 bridgehead atoms. The Balaban J connectivity index is 1.64. The minimum absolute atomic E-state index is 0.00411. The third-order valence-electron chi connectivity index (χ3n) is 4.90. The number of fused-ring (bicyclic) bond motifs is 1. The zero-order chi connectivity index (χ0) is 20.9. The number of ketones is 2. The zero-order valence-corrected chi connectivity index (χ0v) is 16.2. The fourth-order valence-corrected chi connectivity index (χ4v) is 3.41. The highest BCUT2D eigenvalue weighted by atomic mass is 16.2. The average Bonchev–Trinajstić information content (AvgIpc) is 2.78. The maximum Gasteiger partial charge on any atom is 0.228 e. The summed E-state index contributed by atoms with van der Waals surface area (Å²) in [5.41, 5.74) is 2.52. The summed E-state index contributed by atoms with van der Waals surface area (Å²) in [7, 11) is 0. The number of hydrogen-bond acceptors (Lipinski definition) is 4. The Bertz CT molecular complexity index is 1140. The van der Waals surface area contributed by atoms with Gasteiger partial charge >= 0.3 is 0 Å². The molecule has 1 aliphatic rings. The lowest BCUT2D eigenvalue weighted by molar-refractivity contribution is -0.119. The smallest absolute Gasteiger partial charge is 0.228 e. The minimum atomic E-state index is -0.373. The summed E-state index contributed by atoms with van der Waals surface area (Å²) < 4.78 is 0. The van der Waals surface area contributed by atoms with Crippen LogP contribution in [-0.4, -0.2) is 17.5 Å². The topological polar surface area (TPSA) is 75.3 Å². The van der Waals surface area contributed by atoms with Gasteiger partial charge in [-0.1, -0.05) is 84.9 Å². The van der Waals surface area contributed by atoms with Gasteiger partial charge in [-0.05, 0) is 11.1 Å². The van der Waals surface area contributed by atoms with Gasteiger partial charge in [0.05, 0.1) is 6.42 Å². The number of amides is 1. The summed E-state index contributed by atoms with van der Waals surface area (Å²) in [6.07, 6.45) is 0.111. The normalized spacial score (nSPS) is 13.1. The first-order chi connectivity index (χ1) is 14.6. The van der Waals surface area contributed by atoms with E-state index in [2.05, 4.69) is 10.6 Å². The summed E-state index contributed by atoms with van der Waals surface area (Å²) >= 11 is 0. The molecular weight excluding hydrogens is 376 g/mol. The van der Waals surface area contributed by atoms with Crippen molar-refractivity contribution in [1.82, 2.24) is 10.6 Å². The number of allylic oxidation sites excluding steroid dienone is 2. The van der Waals surface area contributed by atoms with Gasteiger partial charge in [0.2, 0.25) is 17.5 Å². The van der Waals surface area contributed by atoms with Gasteiger partial charge in [0.1, 0.15) is 11.4 Å². The van der Waals surface area contributed by atoms with Gasteiger partial charge in [-0.3, -0.25) is 14.4 Å². The lowest BCUT2D eigenvalue weighted by atomic mass is 9.90. The molecule has 30 heavy (non-hydrogen) atoms. The van der Waals surface area contributed by atoms with E-state index in [-0.39, 0.29) is 35.3 Å². The highest BCUT2D eigenvalue weighted by Crippen LogP contribution is 2.24. The monoisotopic (exact) mass is 396 g/mol. The van der Waals surface area contributed by atoms with E-state index < -0.39 is 0 Å². The fourth-order valence-electron chi connectivity index (χ4n) is 3.41. The van der Waals surface area contributed by atoms with Crippen LogP contribution in [0.4, 0.5) is 0 Å². The van der Waals surface area contributed by atoms with Gasteiger partial charge in [0.15, 0.2) is 0 Å². The molecule has 5 heteroatoms. The van der Waals surface area contributed by atoms with Crippen LogP contribution in [0.3, 0.4) is 0 Å². The molecule has 0 atom stereocenters. The minimum Gasteiger partial charge on any atom is -0.376 e. The standard InChI is InChI=1S/C25H20N2O3/c28-21(15-17-9-3-1-4-10-17)27-23-22(26-16-18-11-5-2-6-12-18)24(29)19-13-7-8-14-20(19)25(23)30/h1-14,26H,15-16H2,(H,27,28). The Morgan fingerprint density at radius 2 is 1.13 bits per heavy atom. The Labute approximate surface area is 174 Å². The van der Waals surface area contributed by atoms with E-state index in [1.54, 1.807) is 24.3 Å². The second kappa shape index (κ2) is 8.57. The number of Topliss-reactive ketones (excluding diaryl/α,β-unsaturated/α-hetero) is 2. The van der Waals surface area contributed by atoms with Crippen LogP contribution in [-0.2, 0) is 17.8 Å².